The van der Waals surface area contributed by atoms with E-state index >= 15 is 0 Å². The van der Waals surface area contributed by atoms with Gasteiger partial charge >= 0.3 is 0 Å². The van der Waals surface area contributed by atoms with Gasteiger partial charge in [0, 0.05) is 44.4 Å². The summed E-state index contributed by atoms with van der Waals surface area (Å²) < 4.78 is 6.27. The van der Waals surface area contributed by atoms with Gasteiger partial charge in [-0.1, -0.05) is 152 Å². The molecule has 57 heavy (non-hydrogen) atoms. The molecule has 0 fully saturated rings. The molecule has 0 N–H and O–H groups in total. The third-order valence-corrected chi connectivity index (χ3v) is 10.6. The molecule has 5 heteroatoms. The summed E-state index contributed by atoms with van der Waals surface area (Å²) in [6.45, 7) is 4.06. The molecule has 0 radical (unpaired) electrons. The quantitative estimate of drug-likeness (QED) is 0.163. The minimum absolute atomic E-state index is 0.576. The number of aromatic nitrogens is 4. The van der Waals surface area contributed by atoms with Crippen molar-refractivity contribution in [3.63, 3.8) is 0 Å². The molecular weight excluding hydrogens is 697 g/mol. The van der Waals surface area contributed by atoms with E-state index in [9.17, 15) is 0 Å². The summed E-state index contributed by atoms with van der Waals surface area (Å²) in [5, 5.41) is 2.14. The Morgan fingerprint density at radius 1 is 0.316 bits per heavy atom. The lowest BCUT2D eigenvalue weighted by molar-refractivity contribution is 0.669. The third-order valence-electron chi connectivity index (χ3n) is 10.6. The maximum absolute atomic E-state index is 6.27. The smallest absolute Gasteiger partial charge is 0.164 e. The average Bonchev–Trinajstić information content (AvgIpc) is 3.65. The third kappa shape index (κ3) is 6.55. The average molecular weight is 733 g/mol. The van der Waals surface area contributed by atoms with Gasteiger partial charge in [-0.25, -0.2) is 15.0 Å². The van der Waals surface area contributed by atoms with Gasteiger partial charge in [0.05, 0.1) is 0 Å². The fourth-order valence-corrected chi connectivity index (χ4v) is 7.68. The normalized spacial score (nSPS) is 11.3. The number of pyridine rings is 1. The standard InChI is InChI=1S/C52H36N4O/c1-33-17-28-43(34(2)53-33)37-18-22-39(23-19-37)50-54-51(56-52(55-50)42-27-30-46-45-15-9-10-16-48(45)57-49(46)32-42)40-24-20-38(21-25-40)44-29-26-41(35-11-5-3-6-12-35)31-47(44)36-13-7-4-8-14-36/h3-32H,1-2H3. The highest BCUT2D eigenvalue weighted by molar-refractivity contribution is 6.05. The summed E-state index contributed by atoms with van der Waals surface area (Å²) in [6.07, 6.45) is 0. The molecular formula is C52H36N4O. The number of rotatable bonds is 7. The van der Waals surface area contributed by atoms with Crippen LogP contribution in [0.2, 0.25) is 0 Å². The molecule has 5 nitrogen and oxygen atoms in total. The zero-order valence-corrected chi connectivity index (χ0v) is 31.5. The lowest BCUT2D eigenvalue weighted by atomic mass is 9.91. The second-order valence-electron chi connectivity index (χ2n) is 14.3. The Hall–Kier alpha value is -7.50. The molecule has 7 aromatic carbocycles. The Kier molecular flexibility index (Phi) is 8.53. The molecule has 0 spiro atoms. The van der Waals surface area contributed by atoms with Crippen LogP contribution in [0.1, 0.15) is 11.4 Å². The first kappa shape index (κ1) is 34.0. The van der Waals surface area contributed by atoms with E-state index in [2.05, 4.69) is 157 Å². The van der Waals surface area contributed by atoms with Gasteiger partial charge in [-0.2, -0.15) is 0 Å². The van der Waals surface area contributed by atoms with Crippen molar-refractivity contribution in [2.45, 2.75) is 13.8 Å². The molecule has 270 valence electrons. The van der Waals surface area contributed by atoms with Crippen molar-refractivity contribution in [3.05, 3.63) is 193 Å². The van der Waals surface area contributed by atoms with Crippen LogP contribution in [0.25, 0.3) is 101 Å². The van der Waals surface area contributed by atoms with Crippen LogP contribution in [0, 0.1) is 13.8 Å². The lowest BCUT2D eigenvalue weighted by Crippen LogP contribution is -2.00. The van der Waals surface area contributed by atoms with E-state index in [4.69, 9.17) is 19.4 Å². The largest absolute Gasteiger partial charge is 0.456 e. The molecule has 10 aromatic rings. The fraction of sp³-hybridized carbons (Fsp3) is 0.0385. The lowest BCUT2D eigenvalue weighted by Gasteiger charge is -2.14. The SMILES string of the molecule is Cc1ccc(-c2ccc(-c3nc(-c4ccc(-c5ccc(-c6ccccc6)cc5-c5ccccc5)cc4)nc(-c4ccc5c(c4)oc4ccccc45)n3)cc2)c(C)n1. The number of hydrogen-bond acceptors (Lipinski definition) is 5. The molecule has 0 bridgehead atoms. The van der Waals surface area contributed by atoms with Gasteiger partial charge in [-0.3, -0.25) is 4.98 Å². The number of furan rings is 1. The number of fused-ring (bicyclic) bond motifs is 3. The van der Waals surface area contributed by atoms with Crippen LogP contribution in [-0.2, 0) is 0 Å². The molecule has 3 heterocycles. The van der Waals surface area contributed by atoms with Crippen molar-refractivity contribution >= 4 is 21.9 Å². The summed E-state index contributed by atoms with van der Waals surface area (Å²) in [5.74, 6) is 1.76. The number of aryl methyl sites for hydroxylation is 2. The van der Waals surface area contributed by atoms with Gasteiger partial charge in [0.2, 0.25) is 0 Å². The summed E-state index contributed by atoms with van der Waals surface area (Å²) >= 11 is 0. The van der Waals surface area contributed by atoms with Crippen LogP contribution in [0.3, 0.4) is 0 Å². The van der Waals surface area contributed by atoms with Crippen molar-refractivity contribution < 1.29 is 4.42 Å². The highest BCUT2D eigenvalue weighted by atomic mass is 16.3. The summed E-state index contributed by atoms with van der Waals surface area (Å²) in [4.78, 5) is 19.9. The van der Waals surface area contributed by atoms with Crippen molar-refractivity contribution in [1.82, 2.24) is 19.9 Å². The first-order valence-electron chi connectivity index (χ1n) is 19.1. The van der Waals surface area contributed by atoms with Crippen LogP contribution in [0.4, 0.5) is 0 Å². The van der Waals surface area contributed by atoms with Gasteiger partial charge in [0.25, 0.3) is 0 Å². The van der Waals surface area contributed by atoms with E-state index < -0.39 is 0 Å². The van der Waals surface area contributed by atoms with E-state index in [1.54, 1.807) is 0 Å². The second kappa shape index (κ2) is 14.3. The molecule has 0 unspecified atom stereocenters. The van der Waals surface area contributed by atoms with Crippen LogP contribution in [0.5, 0.6) is 0 Å². The topological polar surface area (TPSA) is 64.7 Å². The monoisotopic (exact) mass is 732 g/mol. The highest BCUT2D eigenvalue weighted by Gasteiger charge is 2.16. The summed E-state index contributed by atoms with van der Waals surface area (Å²) in [7, 11) is 0. The Morgan fingerprint density at radius 2 is 0.807 bits per heavy atom. The Morgan fingerprint density at radius 3 is 1.47 bits per heavy atom. The molecule has 0 saturated heterocycles. The maximum atomic E-state index is 6.27. The Bertz CT molecular complexity index is 3060. The summed E-state index contributed by atoms with van der Waals surface area (Å²) in [5.41, 5.74) is 15.5. The second-order valence-corrected chi connectivity index (χ2v) is 14.3. The van der Waals surface area contributed by atoms with Crippen LogP contribution >= 0.6 is 0 Å². The highest BCUT2D eigenvalue weighted by Crippen LogP contribution is 2.37. The van der Waals surface area contributed by atoms with Gasteiger partial charge in [-0.15, -0.1) is 0 Å². The van der Waals surface area contributed by atoms with Crippen molar-refractivity contribution in [2.24, 2.45) is 0 Å². The summed E-state index contributed by atoms with van der Waals surface area (Å²) in [6, 6.07) is 63.2. The number of benzene rings is 7. The number of para-hydroxylation sites is 1. The van der Waals surface area contributed by atoms with Crippen LogP contribution in [-0.4, -0.2) is 19.9 Å². The molecule has 0 aliphatic rings. The van der Waals surface area contributed by atoms with Gasteiger partial charge in [-0.05, 0) is 83.1 Å². The van der Waals surface area contributed by atoms with E-state index in [-0.39, 0.29) is 0 Å². The molecule has 0 amide bonds. The first-order chi connectivity index (χ1) is 28.0. The van der Waals surface area contributed by atoms with Crippen LogP contribution in [0.15, 0.2) is 186 Å². The van der Waals surface area contributed by atoms with E-state index in [0.717, 1.165) is 72.3 Å². The zero-order valence-electron chi connectivity index (χ0n) is 31.5. The minimum Gasteiger partial charge on any atom is -0.456 e. The number of hydrogen-bond donors (Lipinski definition) is 0. The molecule has 10 rings (SSSR count). The minimum atomic E-state index is 0.576. The molecule has 0 atom stereocenters. The van der Waals surface area contributed by atoms with Crippen molar-refractivity contribution in [1.29, 1.82) is 0 Å². The predicted molar refractivity (Wildman–Crippen MR) is 232 cm³/mol. The Balaban J connectivity index is 1.07. The Labute approximate surface area is 331 Å². The molecule has 0 aliphatic heterocycles. The first-order valence-corrected chi connectivity index (χ1v) is 19.1. The van der Waals surface area contributed by atoms with Gasteiger partial charge in [0.15, 0.2) is 17.5 Å². The molecule has 3 aromatic heterocycles. The van der Waals surface area contributed by atoms with Crippen molar-refractivity contribution in [2.75, 3.05) is 0 Å². The predicted octanol–water partition coefficient (Wildman–Crippen LogP) is 13.5. The van der Waals surface area contributed by atoms with Crippen molar-refractivity contribution in [3.8, 4) is 78.7 Å². The fourth-order valence-electron chi connectivity index (χ4n) is 7.68. The maximum Gasteiger partial charge on any atom is 0.164 e. The number of nitrogens with zero attached hydrogens (tertiary/aromatic N) is 4. The van der Waals surface area contributed by atoms with Gasteiger partial charge < -0.3 is 4.42 Å². The van der Waals surface area contributed by atoms with Crippen LogP contribution < -0.4 is 0 Å². The molecule has 0 aliphatic carbocycles. The van der Waals surface area contributed by atoms with E-state index in [1.807, 2.05) is 44.2 Å². The van der Waals surface area contributed by atoms with Gasteiger partial charge in [0.1, 0.15) is 11.2 Å². The van der Waals surface area contributed by atoms with E-state index in [0.29, 0.717) is 17.5 Å². The van der Waals surface area contributed by atoms with E-state index in [1.165, 1.54) is 22.3 Å². The zero-order chi connectivity index (χ0) is 38.3. The molecule has 0 saturated carbocycles.